The molecule has 0 rings (SSSR count). The topological polar surface area (TPSA) is 20.2 Å². The summed E-state index contributed by atoms with van der Waals surface area (Å²) >= 11 is 0. The van der Waals surface area contributed by atoms with Crippen LogP contribution in [0.1, 0.15) is 41.0 Å². The van der Waals surface area contributed by atoms with Gasteiger partial charge in [0.15, 0.2) is 0 Å². The molecule has 0 aliphatic heterocycles. The van der Waals surface area contributed by atoms with Gasteiger partial charge < -0.3 is 5.11 Å². The van der Waals surface area contributed by atoms with Crippen molar-refractivity contribution in [3.8, 4) is 0 Å². The Morgan fingerprint density at radius 1 is 1.30 bits per heavy atom. The van der Waals surface area contributed by atoms with Crippen molar-refractivity contribution in [2.75, 3.05) is 0 Å². The van der Waals surface area contributed by atoms with Gasteiger partial charge in [-0.15, -0.1) is 0 Å². The molecule has 0 amide bonds. The van der Waals surface area contributed by atoms with E-state index in [9.17, 15) is 5.11 Å². The lowest BCUT2D eigenvalue weighted by Crippen LogP contribution is -2.32. The molecule has 1 heteroatoms. The molecule has 0 heterocycles. The molecule has 0 unspecified atom stereocenters. The largest absolute Gasteiger partial charge is 0.392 e. The minimum absolute atomic E-state index is 0.0775. The van der Waals surface area contributed by atoms with Gasteiger partial charge in [0, 0.05) is 0 Å². The SMILES string of the molecule is CCC(C)(C)[C@@H](O)C(C)C. The van der Waals surface area contributed by atoms with E-state index >= 15 is 0 Å². The first-order chi connectivity index (χ1) is 4.41. The zero-order valence-electron chi connectivity index (χ0n) is 7.81. The second kappa shape index (κ2) is 3.38. The normalized spacial score (nSPS) is 15.9. The quantitative estimate of drug-likeness (QED) is 0.645. The average molecular weight is 144 g/mol. The highest BCUT2D eigenvalue weighted by molar-refractivity contribution is 4.78. The fraction of sp³-hybridized carbons (Fsp3) is 1.00. The van der Waals surface area contributed by atoms with Crippen LogP contribution in [-0.4, -0.2) is 11.2 Å². The first kappa shape index (κ1) is 9.96. The summed E-state index contributed by atoms with van der Waals surface area (Å²) in [6.07, 6.45) is 0.865. The monoisotopic (exact) mass is 144 g/mol. The number of rotatable bonds is 3. The van der Waals surface area contributed by atoms with E-state index in [1.54, 1.807) is 0 Å². The fourth-order valence-corrected chi connectivity index (χ4v) is 1.11. The van der Waals surface area contributed by atoms with Gasteiger partial charge in [0.05, 0.1) is 6.10 Å². The van der Waals surface area contributed by atoms with Crippen LogP contribution in [0, 0.1) is 11.3 Å². The van der Waals surface area contributed by atoms with Crippen molar-refractivity contribution >= 4 is 0 Å². The first-order valence-corrected chi connectivity index (χ1v) is 4.10. The molecule has 0 fully saturated rings. The Kier molecular flexibility index (Phi) is 3.37. The van der Waals surface area contributed by atoms with Crippen LogP contribution >= 0.6 is 0 Å². The van der Waals surface area contributed by atoms with E-state index in [-0.39, 0.29) is 11.5 Å². The highest BCUT2D eigenvalue weighted by Gasteiger charge is 2.27. The molecule has 0 aliphatic rings. The van der Waals surface area contributed by atoms with Gasteiger partial charge in [0.1, 0.15) is 0 Å². The lowest BCUT2D eigenvalue weighted by Gasteiger charge is -2.31. The van der Waals surface area contributed by atoms with E-state index in [0.29, 0.717) is 5.92 Å². The average Bonchev–Trinajstić information content (AvgIpc) is 1.86. The maximum atomic E-state index is 9.65. The van der Waals surface area contributed by atoms with E-state index in [2.05, 4.69) is 34.6 Å². The Balaban J connectivity index is 4.03. The maximum Gasteiger partial charge on any atom is 0.0613 e. The predicted molar refractivity (Wildman–Crippen MR) is 44.9 cm³/mol. The molecule has 0 saturated heterocycles. The van der Waals surface area contributed by atoms with Gasteiger partial charge in [-0.1, -0.05) is 34.6 Å². The van der Waals surface area contributed by atoms with Crippen LogP contribution in [0.3, 0.4) is 0 Å². The molecule has 0 bridgehead atoms. The molecule has 0 aromatic carbocycles. The van der Waals surface area contributed by atoms with Crippen LogP contribution in [-0.2, 0) is 0 Å². The zero-order chi connectivity index (χ0) is 8.36. The number of hydrogen-bond donors (Lipinski definition) is 1. The molecular formula is C9H20O. The molecule has 0 aromatic rings. The van der Waals surface area contributed by atoms with Crippen molar-refractivity contribution in [2.24, 2.45) is 11.3 Å². The van der Waals surface area contributed by atoms with E-state index in [1.807, 2.05) is 0 Å². The van der Waals surface area contributed by atoms with Gasteiger partial charge in [0.2, 0.25) is 0 Å². The Bertz CT molecular complexity index is 94.9. The lowest BCUT2D eigenvalue weighted by molar-refractivity contribution is 0.0110. The van der Waals surface area contributed by atoms with Gasteiger partial charge in [-0.2, -0.15) is 0 Å². The lowest BCUT2D eigenvalue weighted by atomic mass is 9.79. The van der Waals surface area contributed by atoms with Crippen LogP contribution in [0.2, 0.25) is 0 Å². The van der Waals surface area contributed by atoms with Crippen molar-refractivity contribution < 1.29 is 5.11 Å². The number of hydrogen-bond acceptors (Lipinski definition) is 1. The third-order valence-corrected chi connectivity index (χ3v) is 2.34. The minimum atomic E-state index is -0.169. The predicted octanol–water partition coefficient (Wildman–Crippen LogP) is 2.44. The molecule has 0 aromatic heterocycles. The van der Waals surface area contributed by atoms with Crippen molar-refractivity contribution in [3.63, 3.8) is 0 Å². The van der Waals surface area contributed by atoms with Crippen LogP contribution in [0.15, 0.2) is 0 Å². The van der Waals surface area contributed by atoms with Crippen molar-refractivity contribution in [1.82, 2.24) is 0 Å². The van der Waals surface area contributed by atoms with Gasteiger partial charge in [0.25, 0.3) is 0 Å². The second-order valence-electron chi connectivity index (χ2n) is 4.03. The van der Waals surface area contributed by atoms with Gasteiger partial charge >= 0.3 is 0 Å². The molecule has 0 aliphatic carbocycles. The van der Waals surface area contributed by atoms with Crippen molar-refractivity contribution in [1.29, 1.82) is 0 Å². The van der Waals surface area contributed by atoms with Crippen molar-refractivity contribution in [3.05, 3.63) is 0 Å². The summed E-state index contributed by atoms with van der Waals surface area (Å²) < 4.78 is 0. The van der Waals surface area contributed by atoms with Crippen LogP contribution in [0.4, 0.5) is 0 Å². The zero-order valence-corrected chi connectivity index (χ0v) is 7.81. The summed E-state index contributed by atoms with van der Waals surface area (Å²) in [5, 5.41) is 9.65. The van der Waals surface area contributed by atoms with E-state index < -0.39 is 0 Å². The Labute approximate surface area is 64.5 Å². The molecule has 0 saturated carbocycles. The summed E-state index contributed by atoms with van der Waals surface area (Å²) in [5.41, 5.74) is 0.0775. The summed E-state index contributed by atoms with van der Waals surface area (Å²) in [6, 6.07) is 0. The smallest absolute Gasteiger partial charge is 0.0613 e. The Hall–Kier alpha value is -0.0400. The molecule has 0 spiro atoms. The third kappa shape index (κ3) is 2.30. The van der Waals surface area contributed by atoms with Crippen LogP contribution < -0.4 is 0 Å². The standard InChI is InChI=1S/C9H20O/c1-6-9(4,5)8(10)7(2)3/h7-8,10H,6H2,1-5H3/t8-/m0/s1. The van der Waals surface area contributed by atoms with E-state index in [1.165, 1.54) is 0 Å². The van der Waals surface area contributed by atoms with Gasteiger partial charge in [-0.3, -0.25) is 0 Å². The van der Waals surface area contributed by atoms with Gasteiger partial charge in [-0.05, 0) is 17.8 Å². The van der Waals surface area contributed by atoms with Crippen molar-refractivity contribution in [2.45, 2.75) is 47.1 Å². The fourth-order valence-electron chi connectivity index (χ4n) is 1.11. The Morgan fingerprint density at radius 2 is 1.70 bits per heavy atom. The molecule has 0 radical (unpaired) electrons. The highest BCUT2D eigenvalue weighted by atomic mass is 16.3. The molecule has 62 valence electrons. The summed E-state index contributed by atoms with van der Waals surface area (Å²) in [7, 11) is 0. The van der Waals surface area contributed by atoms with Crippen LogP contribution in [0.25, 0.3) is 0 Å². The summed E-state index contributed by atoms with van der Waals surface area (Å²) in [4.78, 5) is 0. The molecule has 1 atom stereocenters. The Morgan fingerprint density at radius 3 is 1.80 bits per heavy atom. The molecule has 1 N–H and O–H groups in total. The third-order valence-electron chi connectivity index (χ3n) is 2.34. The maximum absolute atomic E-state index is 9.65. The molecular weight excluding hydrogens is 124 g/mol. The molecule has 10 heavy (non-hydrogen) atoms. The first-order valence-electron chi connectivity index (χ1n) is 4.10. The summed E-state index contributed by atoms with van der Waals surface area (Å²) in [5.74, 6) is 0.370. The molecule has 1 nitrogen and oxygen atoms in total. The van der Waals surface area contributed by atoms with Crippen LogP contribution in [0.5, 0.6) is 0 Å². The van der Waals surface area contributed by atoms with E-state index in [0.717, 1.165) is 6.42 Å². The number of aliphatic hydroxyl groups excluding tert-OH is 1. The summed E-state index contributed by atoms with van der Waals surface area (Å²) in [6.45, 7) is 10.4. The minimum Gasteiger partial charge on any atom is -0.392 e. The van der Waals surface area contributed by atoms with E-state index in [4.69, 9.17) is 0 Å². The highest BCUT2D eigenvalue weighted by Crippen LogP contribution is 2.28. The van der Waals surface area contributed by atoms with Gasteiger partial charge in [-0.25, -0.2) is 0 Å². The second-order valence-corrected chi connectivity index (χ2v) is 4.03. The number of aliphatic hydroxyl groups is 1.